The number of carbonyl (C=O) groups excluding carboxylic acids is 1. The van der Waals surface area contributed by atoms with Gasteiger partial charge in [0.2, 0.25) is 0 Å². The molecule has 192 valence electrons. The molecule has 0 aliphatic carbocycles. The Kier molecular flexibility index (Phi) is 13.4. The van der Waals surface area contributed by atoms with E-state index in [1.165, 1.54) is 7.11 Å². The zero-order valence-electron chi connectivity index (χ0n) is 23.5. The van der Waals surface area contributed by atoms with Crippen LogP contribution in [0.2, 0.25) is 36.3 Å². The number of ether oxygens (including phenoxy) is 1. The van der Waals surface area contributed by atoms with E-state index >= 15 is 0 Å². The Morgan fingerprint density at radius 1 is 0.971 bits per heavy atom. The molecule has 0 spiro atoms. The number of carbonyl (C=O) groups is 1. The van der Waals surface area contributed by atoms with E-state index in [0.717, 1.165) is 0 Å². The van der Waals surface area contributed by atoms with Crippen LogP contribution in [-0.2, 0) is 18.4 Å². The summed E-state index contributed by atoms with van der Waals surface area (Å²) in [6, 6.07) is 0. The van der Waals surface area contributed by atoms with Crippen molar-refractivity contribution in [3.05, 3.63) is 24.3 Å². The highest BCUT2D eigenvalue weighted by Crippen LogP contribution is 2.38. The standard InChI is InChI=1S/C28H48O4Si2/c1-13-19-24(31-33(9,10)27(2,3)4)20-16-14-15-17-21-25(22-18-23-26(29)30-8)32-34(11,12)28(5,6)7/h1,14-16,20,24-25H,18-19,22-23H2,2-12H3/b15-14+,20-16+/t24-,25-/m0/s1. The summed E-state index contributed by atoms with van der Waals surface area (Å²) in [5.41, 5.74) is 0. The van der Waals surface area contributed by atoms with E-state index in [4.69, 9.17) is 20.0 Å². The van der Waals surface area contributed by atoms with E-state index in [1.54, 1.807) is 0 Å². The van der Waals surface area contributed by atoms with Crippen LogP contribution in [0.4, 0.5) is 0 Å². The van der Waals surface area contributed by atoms with E-state index in [9.17, 15) is 4.79 Å². The summed E-state index contributed by atoms with van der Waals surface area (Å²) in [6.07, 6.45) is 15.2. The predicted molar refractivity (Wildman–Crippen MR) is 150 cm³/mol. The topological polar surface area (TPSA) is 44.8 Å². The molecule has 0 fully saturated rings. The van der Waals surface area contributed by atoms with Crippen LogP contribution in [0, 0.1) is 24.2 Å². The Morgan fingerprint density at radius 2 is 1.53 bits per heavy atom. The van der Waals surface area contributed by atoms with Crippen molar-refractivity contribution in [2.24, 2.45) is 0 Å². The predicted octanol–water partition coefficient (Wildman–Crippen LogP) is 7.25. The fourth-order valence-electron chi connectivity index (χ4n) is 2.48. The van der Waals surface area contributed by atoms with E-state index in [2.05, 4.69) is 85.5 Å². The SMILES string of the molecule is C#CC[C@@H](/C=C/C=C/C#C[C@@H](CCCC(=O)OC)O[Si](C)(C)C(C)(C)C)O[Si](C)(C)C(C)(C)C. The van der Waals surface area contributed by atoms with Gasteiger partial charge in [0, 0.05) is 12.8 Å². The van der Waals surface area contributed by atoms with Crippen LogP contribution in [0.15, 0.2) is 24.3 Å². The third-order valence-electron chi connectivity index (χ3n) is 6.75. The van der Waals surface area contributed by atoms with Gasteiger partial charge in [0.25, 0.3) is 0 Å². The number of hydrogen-bond acceptors (Lipinski definition) is 4. The molecule has 0 aliphatic rings. The van der Waals surface area contributed by atoms with E-state index in [0.29, 0.717) is 25.7 Å². The second kappa shape index (κ2) is 14.1. The molecule has 0 amide bonds. The van der Waals surface area contributed by atoms with Crippen LogP contribution in [0.5, 0.6) is 0 Å². The summed E-state index contributed by atoms with van der Waals surface area (Å²) in [7, 11) is -2.47. The molecule has 4 nitrogen and oxygen atoms in total. The third-order valence-corrected chi connectivity index (χ3v) is 15.7. The van der Waals surface area contributed by atoms with Crippen LogP contribution >= 0.6 is 0 Å². The van der Waals surface area contributed by atoms with Gasteiger partial charge in [-0.1, -0.05) is 71.6 Å². The maximum absolute atomic E-state index is 11.5. The van der Waals surface area contributed by atoms with Crippen molar-refractivity contribution in [1.82, 2.24) is 0 Å². The van der Waals surface area contributed by atoms with Crippen molar-refractivity contribution in [1.29, 1.82) is 0 Å². The fourth-order valence-corrected chi connectivity index (χ4v) is 4.99. The van der Waals surface area contributed by atoms with Gasteiger partial charge in [0.15, 0.2) is 16.6 Å². The zero-order chi connectivity index (χ0) is 26.6. The normalized spacial score (nSPS) is 15.0. The Morgan fingerprint density at radius 3 is 2.03 bits per heavy atom. The molecule has 0 aromatic rings. The van der Waals surface area contributed by atoms with Crippen LogP contribution in [0.3, 0.4) is 0 Å². The molecule has 0 rings (SSSR count). The Labute approximate surface area is 212 Å². The number of esters is 1. The summed E-state index contributed by atoms with van der Waals surface area (Å²) in [4.78, 5) is 11.5. The minimum absolute atomic E-state index is 0.0873. The lowest BCUT2D eigenvalue weighted by Crippen LogP contribution is -2.43. The molecule has 0 aliphatic heterocycles. The molecule has 0 unspecified atom stereocenters. The quantitative estimate of drug-likeness (QED) is 0.129. The smallest absolute Gasteiger partial charge is 0.305 e. The molecule has 34 heavy (non-hydrogen) atoms. The van der Waals surface area contributed by atoms with E-state index in [1.807, 2.05) is 24.3 Å². The Balaban J connectivity index is 5.30. The Bertz CT molecular complexity index is 793. The monoisotopic (exact) mass is 504 g/mol. The molecule has 0 heterocycles. The molecular formula is C28H48O4Si2. The number of methoxy groups -OCH3 is 1. The summed E-state index contributed by atoms with van der Waals surface area (Å²) in [6.45, 7) is 22.2. The number of terminal acetylenes is 1. The minimum Gasteiger partial charge on any atom is -0.469 e. The highest BCUT2D eigenvalue weighted by molar-refractivity contribution is 6.74. The van der Waals surface area contributed by atoms with Gasteiger partial charge in [-0.05, 0) is 55.2 Å². The first kappa shape index (κ1) is 32.4. The van der Waals surface area contributed by atoms with Crippen LogP contribution in [-0.4, -0.2) is 41.9 Å². The summed E-state index contributed by atoms with van der Waals surface area (Å²) in [5, 5.41) is 0.214. The van der Waals surface area contributed by atoms with Crippen molar-refractivity contribution >= 4 is 22.6 Å². The van der Waals surface area contributed by atoms with Crippen molar-refractivity contribution < 1.29 is 18.4 Å². The van der Waals surface area contributed by atoms with Gasteiger partial charge in [-0.25, -0.2) is 0 Å². The summed E-state index contributed by atoms with van der Waals surface area (Å²) < 4.78 is 17.7. The van der Waals surface area contributed by atoms with Gasteiger partial charge in [-0.3, -0.25) is 4.79 Å². The first-order valence-electron chi connectivity index (χ1n) is 12.2. The molecule has 0 aromatic heterocycles. The lowest BCUT2D eigenvalue weighted by molar-refractivity contribution is -0.140. The first-order valence-corrected chi connectivity index (χ1v) is 18.0. The summed E-state index contributed by atoms with van der Waals surface area (Å²) >= 11 is 0. The Hall–Kier alpha value is -1.58. The molecule has 0 bridgehead atoms. The first-order chi connectivity index (χ1) is 15.5. The van der Waals surface area contributed by atoms with Crippen molar-refractivity contribution in [3.63, 3.8) is 0 Å². The van der Waals surface area contributed by atoms with Crippen molar-refractivity contribution in [2.75, 3.05) is 7.11 Å². The van der Waals surface area contributed by atoms with Gasteiger partial charge in [-0.2, -0.15) is 0 Å². The lowest BCUT2D eigenvalue weighted by atomic mass is 10.1. The highest BCUT2D eigenvalue weighted by atomic mass is 28.4. The minimum atomic E-state index is -1.98. The maximum atomic E-state index is 11.5. The zero-order valence-corrected chi connectivity index (χ0v) is 25.5. The second-order valence-corrected chi connectivity index (χ2v) is 21.2. The third kappa shape index (κ3) is 12.2. The number of rotatable bonds is 11. The maximum Gasteiger partial charge on any atom is 0.305 e. The van der Waals surface area contributed by atoms with Gasteiger partial charge in [0.1, 0.15) is 6.10 Å². The second-order valence-electron chi connectivity index (χ2n) is 11.7. The van der Waals surface area contributed by atoms with Gasteiger partial charge in [-0.15, -0.1) is 12.3 Å². The molecule has 6 heteroatoms. The molecule has 0 saturated heterocycles. The molecular weight excluding hydrogens is 456 g/mol. The average Bonchev–Trinajstić information content (AvgIpc) is 2.67. The van der Waals surface area contributed by atoms with Crippen LogP contribution in [0.1, 0.15) is 67.2 Å². The van der Waals surface area contributed by atoms with Crippen LogP contribution < -0.4 is 0 Å². The molecule has 0 saturated carbocycles. The number of allylic oxidation sites excluding steroid dienone is 3. The molecule has 2 atom stereocenters. The molecule has 0 radical (unpaired) electrons. The van der Waals surface area contributed by atoms with Gasteiger partial charge >= 0.3 is 5.97 Å². The largest absolute Gasteiger partial charge is 0.469 e. The van der Waals surface area contributed by atoms with Crippen molar-refractivity contribution in [2.45, 2.75) is 116 Å². The summed E-state index contributed by atoms with van der Waals surface area (Å²) in [5.74, 6) is 8.88. The number of hydrogen-bond donors (Lipinski definition) is 0. The van der Waals surface area contributed by atoms with Gasteiger partial charge < -0.3 is 13.6 Å². The van der Waals surface area contributed by atoms with E-state index < -0.39 is 16.6 Å². The van der Waals surface area contributed by atoms with Crippen LogP contribution in [0.25, 0.3) is 0 Å². The highest BCUT2D eigenvalue weighted by Gasteiger charge is 2.39. The molecule has 0 aromatic carbocycles. The fraction of sp³-hybridized carbons (Fsp3) is 0.679. The molecule has 0 N–H and O–H groups in total. The van der Waals surface area contributed by atoms with E-state index in [-0.39, 0.29) is 28.3 Å². The van der Waals surface area contributed by atoms with Crippen molar-refractivity contribution in [3.8, 4) is 24.2 Å². The lowest BCUT2D eigenvalue weighted by Gasteiger charge is -2.38. The average molecular weight is 505 g/mol. The van der Waals surface area contributed by atoms with Gasteiger partial charge in [0.05, 0.1) is 13.2 Å².